The molecular formula is C13H21NO6. The van der Waals surface area contributed by atoms with E-state index in [9.17, 15) is 14.4 Å². The number of carbonyl (C=O) groups excluding carboxylic acids is 1. The summed E-state index contributed by atoms with van der Waals surface area (Å²) in [5.41, 5.74) is 0. The van der Waals surface area contributed by atoms with Gasteiger partial charge in [-0.3, -0.25) is 9.59 Å². The lowest BCUT2D eigenvalue weighted by molar-refractivity contribution is -0.143. The summed E-state index contributed by atoms with van der Waals surface area (Å²) in [6.07, 6.45) is 1.34. The highest BCUT2D eigenvalue weighted by molar-refractivity contribution is 5.85. The first-order chi connectivity index (χ1) is 9.45. The van der Waals surface area contributed by atoms with Crippen molar-refractivity contribution in [3.05, 3.63) is 0 Å². The molecule has 0 aromatic carbocycles. The first-order valence-corrected chi connectivity index (χ1v) is 6.82. The van der Waals surface area contributed by atoms with E-state index in [0.29, 0.717) is 19.4 Å². The number of ether oxygens (including phenoxy) is 1. The van der Waals surface area contributed by atoms with Crippen LogP contribution in [0, 0.1) is 5.92 Å². The van der Waals surface area contributed by atoms with Gasteiger partial charge in [0.2, 0.25) is 5.91 Å². The van der Waals surface area contributed by atoms with Crippen LogP contribution >= 0.6 is 0 Å². The summed E-state index contributed by atoms with van der Waals surface area (Å²) in [6.45, 7) is 2.42. The van der Waals surface area contributed by atoms with Gasteiger partial charge in [0.15, 0.2) is 0 Å². The summed E-state index contributed by atoms with van der Waals surface area (Å²) in [7, 11) is 0. The van der Waals surface area contributed by atoms with E-state index in [1.807, 2.05) is 6.92 Å². The van der Waals surface area contributed by atoms with Crippen LogP contribution in [0.25, 0.3) is 0 Å². The molecule has 1 amide bonds. The van der Waals surface area contributed by atoms with Crippen molar-refractivity contribution in [1.29, 1.82) is 0 Å². The molecule has 0 radical (unpaired) electrons. The van der Waals surface area contributed by atoms with Gasteiger partial charge in [0.05, 0.1) is 12.0 Å². The highest BCUT2D eigenvalue weighted by Gasteiger charge is 2.34. The lowest BCUT2D eigenvalue weighted by Gasteiger charge is -2.20. The summed E-state index contributed by atoms with van der Waals surface area (Å²) < 4.78 is 5.40. The molecule has 0 aromatic heterocycles. The van der Waals surface area contributed by atoms with Crippen LogP contribution in [-0.4, -0.2) is 46.8 Å². The summed E-state index contributed by atoms with van der Waals surface area (Å²) in [4.78, 5) is 33.6. The van der Waals surface area contributed by atoms with Gasteiger partial charge in [0.1, 0.15) is 6.04 Å². The van der Waals surface area contributed by atoms with Crippen molar-refractivity contribution < 1.29 is 29.3 Å². The fourth-order valence-electron chi connectivity index (χ4n) is 2.34. The Morgan fingerprint density at radius 2 is 2.05 bits per heavy atom. The molecule has 0 bridgehead atoms. The van der Waals surface area contributed by atoms with Crippen molar-refractivity contribution in [2.45, 2.75) is 51.2 Å². The number of nitrogens with one attached hydrogen (secondary N) is 1. The van der Waals surface area contributed by atoms with Gasteiger partial charge in [-0.1, -0.05) is 6.92 Å². The van der Waals surface area contributed by atoms with E-state index >= 15 is 0 Å². The molecule has 1 fully saturated rings. The minimum absolute atomic E-state index is 0.107. The maximum atomic E-state index is 12.1. The second-order valence-corrected chi connectivity index (χ2v) is 4.90. The van der Waals surface area contributed by atoms with Crippen LogP contribution in [0.3, 0.4) is 0 Å². The summed E-state index contributed by atoms with van der Waals surface area (Å²) in [5, 5.41) is 20.1. The number of aliphatic carboxylic acids is 2. The molecule has 1 heterocycles. The lowest BCUT2D eigenvalue weighted by atomic mass is 9.98. The van der Waals surface area contributed by atoms with Crippen molar-refractivity contribution in [1.82, 2.24) is 5.32 Å². The molecule has 1 aliphatic heterocycles. The lowest BCUT2D eigenvalue weighted by Crippen LogP contribution is -2.45. The Balaban J connectivity index is 2.50. The highest BCUT2D eigenvalue weighted by atomic mass is 16.5. The van der Waals surface area contributed by atoms with Crippen LogP contribution in [0.5, 0.6) is 0 Å². The Hall–Kier alpha value is -1.63. The SMILES string of the molecule is CCC1OCCC1C(=O)N[C@H](CCCC(=O)O)C(=O)O. The van der Waals surface area contributed by atoms with Crippen LogP contribution in [-0.2, 0) is 19.1 Å². The van der Waals surface area contributed by atoms with Crippen molar-refractivity contribution in [3.63, 3.8) is 0 Å². The first kappa shape index (κ1) is 16.4. The zero-order valence-corrected chi connectivity index (χ0v) is 11.5. The van der Waals surface area contributed by atoms with Crippen molar-refractivity contribution in [2.75, 3.05) is 6.61 Å². The van der Waals surface area contributed by atoms with Gasteiger partial charge in [0, 0.05) is 13.0 Å². The van der Waals surface area contributed by atoms with Gasteiger partial charge in [-0.05, 0) is 25.7 Å². The Bertz CT molecular complexity index is 370. The van der Waals surface area contributed by atoms with E-state index in [2.05, 4.69) is 5.32 Å². The molecule has 1 rings (SSSR count). The quantitative estimate of drug-likeness (QED) is 0.603. The molecular weight excluding hydrogens is 266 g/mol. The molecule has 0 aromatic rings. The minimum atomic E-state index is -1.14. The topological polar surface area (TPSA) is 113 Å². The third-order valence-corrected chi connectivity index (χ3v) is 3.45. The van der Waals surface area contributed by atoms with Crippen LogP contribution in [0.15, 0.2) is 0 Å². The number of amides is 1. The third-order valence-electron chi connectivity index (χ3n) is 3.45. The number of hydrogen-bond acceptors (Lipinski definition) is 4. The monoisotopic (exact) mass is 287 g/mol. The van der Waals surface area contributed by atoms with Gasteiger partial charge in [0.25, 0.3) is 0 Å². The van der Waals surface area contributed by atoms with E-state index < -0.39 is 18.0 Å². The van der Waals surface area contributed by atoms with Crippen LogP contribution in [0.2, 0.25) is 0 Å². The van der Waals surface area contributed by atoms with Gasteiger partial charge in [-0.25, -0.2) is 4.79 Å². The fraction of sp³-hybridized carbons (Fsp3) is 0.769. The molecule has 1 aliphatic rings. The number of carboxylic acid groups (broad SMARTS) is 2. The van der Waals surface area contributed by atoms with Gasteiger partial charge in [-0.2, -0.15) is 0 Å². The first-order valence-electron chi connectivity index (χ1n) is 6.82. The molecule has 0 spiro atoms. The summed E-state index contributed by atoms with van der Waals surface area (Å²) in [6, 6.07) is -1.04. The third kappa shape index (κ3) is 4.80. The molecule has 3 atom stereocenters. The van der Waals surface area contributed by atoms with Crippen molar-refractivity contribution in [2.24, 2.45) is 5.92 Å². The predicted octanol–water partition coefficient (Wildman–Crippen LogP) is 0.626. The Morgan fingerprint density at radius 3 is 2.60 bits per heavy atom. The molecule has 0 saturated carbocycles. The highest BCUT2D eigenvalue weighted by Crippen LogP contribution is 2.23. The van der Waals surface area contributed by atoms with Crippen molar-refractivity contribution in [3.8, 4) is 0 Å². The van der Waals surface area contributed by atoms with Crippen LogP contribution in [0.1, 0.15) is 39.0 Å². The molecule has 2 unspecified atom stereocenters. The molecule has 7 heteroatoms. The van der Waals surface area contributed by atoms with Crippen molar-refractivity contribution >= 4 is 17.8 Å². The molecule has 1 saturated heterocycles. The minimum Gasteiger partial charge on any atom is -0.481 e. The van der Waals surface area contributed by atoms with Crippen LogP contribution in [0.4, 0.5) is 0 Å². The second kappa shape index (κ2) is 7.84. The second-order valence-electron chi connectivity index (χ2n) is 4.90. The fourth-order valence-corrected chi connectivity index (χ4v) is 2.34. The zero-order valence-electron chi connectivity index (χ0n) is 11.5. The number of carbonyl (C=O) groups is 3. The van der Waals surface area contributed by atoms with E-state index in [1.54, 1.807) is 0 Å². The van der Waals surface area contributed by atoms with Gasteiger partial charge >= 0.3 is 11.9 Å². The summed E-state index contributed by atoms with van der Waals surface area (Å²) >= 11 is 0. The molecule has 20 heavy (non-hydrogen) atoms. The largest absolute Gasteiger partial charge is 0.481 e. The van der Waals surface area contributed by atoms with Gasteiger partial charge in [-0.15, -0.1) is 0 Å². The average molecular weight is 287 g/mol. The molecule has 7 nitrogen and oxygen atoms in total. The maximum absolute atomic E-state index is 12.1. The molecule has 3 N–H and O–H groups in total. The molecule has 0 aliphatic carbocycles. The predicted molar refractivity (Wildman–Crippen MR) is 69.2 cm³/mol. The number of carboxylic acids is 2. The number of rotatable bonds is 8. The summed E-state index contributed by atoms with van der Waals surface area (Å²) in [5.74, 6) is -2.76. The maximum Gasteiger partial charge on any atom is 0.326 e. The standard InChI is InChI=1S/C13H21NO6/c1-2-10-8(6-7-20-10)12(17)14-9(13(18)19)4-3-5-11(15)16/h8-10H,2-7H2,1H3,(H,14,17)(H,15,16)(H,18,19)/t8?,9-,10?/m1/s1. The van der Waals surface area contributed by atoms with E-state index in [4.69, 9.17) is 14.9 Å². The van der Waals surface area contributed by atoms with Gasteiger partial charge < -0.3 is 20.3 Å². The Labute approximate surface area is 117 Å². The van der Waals surface area contributed by atoms with E-state index in [1.165, 1.54) is 0 Å². The van der Waals surface area contributed by atoms with E-state index in [-0.39, 0.29) is 37.2 Å². The normalized spacial score (nSPS) is 23.2. The zero-order chi connectivity index (χ0) is 15.1. The molecule has 114 valence electrons. The van der Waals surface area contributed by atoms with Crippen LogP contribution < -0.4 is 5.32 Å². The van der Waals surface area contributed by atoms with E-state index in [0.717, 1.165) is 0 Å². The Kier molecular flexibility index (Phi) is 6.44. The Morgan fingerprint density at radius 1 is 1.35 bits per heavy atom. The smallest absolute Gasteiger partial charge is 0.326 e. The number of hydrogen-bond donors (Lipinski definition) is 3. The average Bonchev–Trinajstić information content (AvgIpc) is 2.85.